The van der Waals surface area contributed by atoms with Crippen LogP contribution in [0.25, 0.3) is 0 Å². The summed E-state index contributed by atoms with van der Waals surface area (Å²) in [5.41, 5.74) is 0.478. The van der Waals surface area contributed by atoms with E-state index < -0.39 is 11.6 Å². The van der Waals surface area contributed by atoms with E-state index in [0.717, 1.165) is 44.1 Å². The van der Waals surface area contributed by atoms with Gasteiger partial charge in [0.25, 0.3) is 0 Å². The number of piperidine rings is 1. The minimum atomic E-state index is -0.721. The van der Waals surface area contributed by atoms with Crippen molar-refractivity contribution in [2.75, 3.05) is 18.4 Å². The zero-order chi connectivity index (χ0) is 16.9. The first kappa shape index (κ1) is 19.1. The summed E-state index contributed by atoms with van der Waals surface area (Å²) in [5, 5.41) is 6.06. The molecule has 0 atom stereocenters. The molecular formula is C18H19ClF2N2O2. The second kappa shape index (κ2) is 8.78. The van der Waals surface area contributed by atoms with Crippen molar-refractivity contribution < 1.29 is 18.3 Å². The molecule has 2 aromatic rings. The van der Waals surface area contributed by atoms with E-state index in [1.807, 2.05) is 0 Å². The standard InChI is InChI=1S/C18H18F2N2O2.ClH/c19-13-9-14(20)11-15(10-13)24-17-4-2-1-3-16(17)22-18(23)12-5-7-21-8-6-12;/h1-4,9-12,21H,5-8H2,(H,22,23);1H. The highest BCUT2D eigenvalue weighted by Gasteiger charge is 2.21. The molecule has 3 rings (SSSR count). The average Bonchev–Trinajstić information content (AvgIpc) is 2.56. The number of amides is 1. The van der Waals surface area contributed by atoms with Gasteiger partial charge in [0.05, 0.1) is 5.69 Å². The maximum absolute atomic E-state index is 13.3. The van der Waals surface area contributed by atoms with Crippen LogP contribution in [0.2, 0.25) is 0 Å². The number of hydrogen-bond donors (Lipinski definition) is 2. The van der Waals surface area contributed by atoms with Crippen LogP contribution in [-0.2, 0) is 4.79 Å². The molecule has 0 radical (unpaired) electrons. The average molecular weight is 369 g/mol. The molecule has 1 fully saturated rings. The minimum Gasteiger partial charge on any atom is -0.455 e. The Morgan fingerprint density at radius 1 is 1.08 bits per heavy atom. The summed E-state index contributed by atoms with van der Waals surface area (Å²) < 4.78 is 32.1. The summed E-state index contributed by atoms with van der Waals surface area (Å²) in [6.45, 7) is 1.64. The SMILES string of the molecule is Cl.O=C(Nc1ccccc1Oc1cc(F)cc(F)c1)C1CCNCC1. The van der Waals surface area contributed by atoms with E-state index in [1.54, 1.807) is 24.3 Å². The molecule has 2 aromatic carbocycles. The summed E-state index contributed by atoms with van der Waals surface area (Å²) in [4.78, 5) is 12.4. The maximum Gasteiger partial charge on any atom is 0.227 e. The molecule has 0 bridgehead atoms. The lowest BCUT2D eigenvalue weighted by Gasteiger charge is -2.22. The number of hydrogen-bond acceptors (Lipinski definition) is 3. The van der Waals surface area contributed by atoms with Crippen LogP contribution >= 0.6 is 12.4 Å². The molecule has 1 aliphatic heterocycles. The predicted molar refractivity (Wildman–Crippen MR) is 94.3 cm³/mol. The van der Waals surface area contributed by atoms with Crippen molar-refractivity contribution in [1.82, 2.24) is 5.32 Å². The number of halogens is 3. The summed E-state index contributed by atoms with van der Waals surface area (Å²) >= 11 is 0. The Labute approximate surface area is 151 Å². The molecule has 1 aliphatic rings. The zero-order valence-corrected chi connectivity index (χ0v) is 14.2. The zero-order valence-electron chi connectivity index (χ0n) is 13.4. The number of para-hydroxylation sites is 2. The van der Waals surface area contributed by atoms with Gasteiger partial charge in [-0.2, -0.15) is 0 Å². The van der Waals surface area contributed by atoms with E-state index in [9.17, 15) is 13.6 Å². The van der Waals surface area contributed by atoms with Crippen molar-refractivity contribution in [3.63, 3.8) is 0 Å². The van der Waals surface area contributed by atoms with Gasteiger partial charge in [0.15, 0.2) is 5.75 Å². The lowest BCUT2D eigenvalue weighted by atomic mass is 9.97. The molecule has 0 aliphatic carbocycles. The predicted octanol–water partition coefficient (Wildman–Crippen LogP) is 4.12. The summed E-state index contributed by atoms with van der Waals surface area (Å²) in [6.07, 6.45) is 1.56. The van der Waals surface area contributed by atoms with E-state index >= 15 is 0 Å². The highest BCUT2D eigenvalue weighted by molar-refractivity contribution is 5.94. The molecule has 1 saturated heterocycles. The van der Waals surface area contributed by atoms with Gasteiger partial charge in [-0.25, -0.2) is 8.78 Å². The molecule has 134 valence electrons. The molecular weight excluding hydrogens is 350 g/mol. The van der Waals surface area contributed by atoms with E-state index in [0.29, 0.717) is 11.4 Å². The summed E-state index contributed by atoms with van der Waals surface area (Å²) in [5.74, 6) is -1.19. The van der Waals surface area contributed by atoms with E-state index in [1.165, 1.54) is 0 Å². The molecule has 2 N–H and O–H groups in total. The Hall–Kier alpha value is -2.18. The lowest BCUT2D eigenvalue weighted by molar-refractivity contribution is -0.120. The second-order valence-corrected chi connectivity index (χ2v) is 5.72. The molecule has 0 spiro atoms. The van der Waals surface area contributed by atoms with Crippen LogP contribution in [0.1, 0.15) is 12.8 Å². The molecule has 4 nitrogen and oxygen atoms in total. The van der Waals surface area contributed by atoms with Crippen molar-refractivity contribution in [2.24, 2.45) is 5.92 Å². The van der Waals surface area contributed by atoms with Crippen molar-refractivity contribution in [3.8, 4) is 11.5 Å². The van der Waals surface area contributed by atoms with Crippen molar-refractivity contribution in [1.29, 1.82) is 0 Å². The highest BCUT2D eigenvalue weighted by Crippen LogP contribution is 2.30. The summed E-state index contributed by atoms with van der Waals surface area (Å²) in [7, 11) is 0. The van der Waals surface area contributed by atoms with Crippen molar-refractivity contribution in [2.45, 2.75) is 12.8 Å². The van der Waals surface area contributed by atoms with Gasteiger partial charge in [-0.05, 0) is 38.1 Å². The van der Waals surface area contributed by atoms with Crippen LogP contribution in [0.3, 0.4) is 0 Å². The Morgan fingerprint density at radius 3 is 2.40 bits per heavy atom. The Bertz CT molecular complexity index is 717. The topological polar surface area (TPSA) is 50.4 Å². The number of anilines is 1. The van der Waals surface area contributed by atoms with E-state index in [2.05, 4.69) is 10.6 Å². The van der Waals surface area contributed by atoms with Crippen LogP contribution in [0.4, 0.5) is 14.5 Å². The second-order valence-electron chi connectivity index (χ2n) is 5.72. The monoisotopic (exact) mass is 368 g/mol. The van der Waals surface area contributed by atoms with Crippen LogP contribution < -0.4 is 15.4 Å². The first-order chi connectivity index (χ1) is 11.6. The van der Waals surface area contributed by atoms with Gasteiger partial charge in [0, 0.05) is 24.1 Å². The Morgan fingerprint density at radius 2 is 1.72 bits per heavy atom. The largest absolute Gasteiger partial charge is 0.455 e. The van der Waals surface area contributed by atoms with Crippen LogP contribution in [-0.4, -0.2) is 19.0 Å². The molecule has 0 saturated carbocycles. The Balaban J connectivity index is 0.00000225. The van der Waals surface area contributed by atoms with Gasteiger partial charge in [-0.1, -0.05) is 12.1 Å². The van der Waals surface area contributed by atoms with E-state index in [-0.39, 0.29) is 30.0 Å². The van der Waals surface area contributed by atoms with Crippen LogP contribution in [0.15, 0.2) is 42.5 Å². The van der Waals surface area contributed by atoms with Crippen molar-refractivity contribution in [3.05, 3.63) is 54.1 Å². The molecule has 0 aromatic heterocycles. The third kappa shape index (κ3) is 5.14. The van der Waals surface area contributed by atoms with E-state index in [4.69, 9.17) is 4.74 Å². The fourth-order valence-electron chi connectivity index (χ4n) is 2.69. The van der Waals surface area contributed by atoms with Gasteiger partial charge in [0.1, 0.15) is 17.4 Å². The molecule has 0 unspecified atom stereocenters. The molecule has 7 heteroatoms. The van der Waals surface area contributed by atoms with Gasteiger partial charge in [0.2, 0.25) is 5.91 Å². The van der Waals surface area contributed by atoms with Crippen molar-refractivity contribution >= 4 is 24.0 Å². The van der Waals surface area contributed by atoms with Gasteiger partial charge in [-0.15, -0.1) is 12.4 Å². The number of benzene rings is 2. The molecule has 25 heavy (non-hydrogen) atoms. The van der Waals surface area contributed by atoms with Gasteiger partial charge in [-0.3, -0.25) is 4.79 Å². The number of ether oxygens (including phenoxy) is 1. The fourth-order valence-corrected chi connectivity index (χ4v) is 2.69. The number of carbonyl (C=O) groups excluding carboxylic acids is 1. The van der Waals surface area contributed by atoms with Gasteiger partial charge >= 0.3 is 0 Å². The maximum atomic E-state index is 13.3. The first-order valence-electron chi connectivity index (χ1n) is 7.86. The lowest BCUT2D eigenvalue weighted by Crippen LogP contribution is -2.34. The normalized spacial score (nSPS) is 14.5. The number of nitrogens with one attached hydrogen (secondary N) is 2. The Kier molecular flexibility index (Phi) is 6.73. The smallest absolute Gasteiger partial charge is 0.227 e. The number of carbonyl (C=O) groups is 1. The van der Waals surface area contributed by atoms with Gasteiger partial charge < -0.3 is 15.4 Å². The third-order valence-electron chi connectivity index (χ3n) is 3.92. The minimum absolute atomic E-state index is 0. The van der Waals surface area contributed by atoms with Crippen LogP contribution in [0.5, 0.6) is 11.5 Å². The highest BCUT2D eigenvalue weighted by atomic mass is 35.5. The quantitative estimate of drug-likeness (QED) is 0.853. The molecule has 1 amide bonds. The number of rotatable bonds is 4. The van der Waals surface area contributed by atoms with Crippen LogP contribution in [0, 0.1) is 17.6 Å². The summed E-state index contributed by atoms with van der Waals surface area (Å²) in [6, 6.07) is 9.79. The third-order valence-corrected chi connectivity index (χ3v) is 3.92. The fraction of sp³-hybridized carbons (Fsp3) is 0.278. The first-order valence-corrected chi connectivity index (χ1v) is 7.86. The molecule has 1 heterocycles.